The molecule has 1 saturated heterocycles. The quantitative estimate of drug-likeness (QED) is 0.529. The van der Waals surface area contributed by atoms with E-state index in [2.05, 4.69) is 13.8 Å². The summed E-state index contributed by atoms with van der Waals surface area (Å²) in [7, 11) is 0. The Hall–Kier alpha value is -0.0400. The smallest absolute Gasteiger partial charge is 0.0544 e. The van der Waals surface area contributed by atoms with Gasteiger partial charge < -0.3 is 4.74 Å². The van der Waals surface area contributed by atoms with Crippen LogP contribution in [0.15, 0.2) is 0 Å². The summed E-state index contributed by atoms with van der Waals surface area (Å²) in [6.07, 6.45) is 2.25. The summed E-state index contributed by atoms with van der Waals surface area (Å²) < 4.78 is 5.08. The first-order valence-corrected chi connectivity index (χ1v) is 3.20. The van der Waals surface area contributed by atoms with Gasteiger partial charge in [0.05, 0.1) is 13.2 Å². The lowest BCUT2D eigenvalue weighted by molar-refractivity contribution is -0.113. The Bertz CT molecular complexity index is 60.9. The van der Waals surface area contributed by atoms with Crippen molar-refractivity contribution in [1.29, 1.82) is 0 Å². The molecule has 1 heterocycles. The van der Waals surface area contributed by atoms with Gasteiger partial charge in [0.25, 0.3) is 0 Å². The maximum Gasteiger partial charge on any atom is 0.0544 e. The lowest BCUT2D eigenvalue weighted by atomic mass is 9.81. The zero-order valence-corrected chi connectivity index (χ0v) is 5.44. The van der Waals surface area contributed by atoms with Crippen molar-refractivity contribution >= 4 is 0 Å². The number of hydrogen-bond donors (Lipinski definition) is 0. The highest BCUT2D eigenvalue weighted by molar-refractivity contribution is 4.84. The van der Waals surface area contributed by atoms with Crippen LogP contribution in [0.3, 0.4) is 0 Å². The Morgan fingerprint density at radius 1 is 1.62 bits per heavy atom. The van der Waals surface area contributed by atoms with Gasteiger partial charge in [-0.2, -0.15) is 0 Å². The molecule has 1 radical (unpaired) electrons. The van der Waals surface area contributed by atoms with E-state index < -0.39 is 0 Å². The molecule has 0 unspecified atom stereocenters. The van der Waals surface area contributed by atoms with Crippen molar-refractivity contribution in [3.05, 3.63) is 6.92 Å². The average Bonchev–Trinajstić information content (AvgIpc) is 1.67. The van der Waals surface area contributed by atoms with Crippen molar-refractivity contribution in [3.8, 4) is 0 Å². The van der Waals surface area contributed by atoms with Gasteiger partial charge in [-0.05, 0) is 12.8 Å². The fraction of sp³-hybridized carbons (Fsp3) is 0.857. The van der Waals surface area contributed by atoms with Gasteiger partial charge in [0.15, 0.2) is 0 Å². The van der Waals surface area contributed by atoms with Crippen LogP contribution in [0.4, 0.5) is 0 Å². The van der Waals surface area contributed by atoms with Crippen molar-refractivity contribution < 1.29 is 4.74 Å². The molecular formula is C7H13O. The number of ether oxygens (including phenoxy) is 1. The Labute approximate surface area is 51.0 Å². The number of rotatable bonds is 2. The first-order chi connectivity index (χ1) is 3.83. The molecule has 1 aliphatic rings. The third kappa shape index (κ3) is 0.752. The second-order valence-electron chi connectivity index (χ2n) is 2.60. The van der Waals surface area contributed by atoms with Gasteiger partial charge in [0.1, 0.15) is 0 Å². The zero-order valence-electron chi connectivity index (χ0n) is 5.44. The van der Waals surface area contributed by atoms with Crippen molar-refractivity contribution in [1.82, 2.24) is 0 Å². The van der Waals surface area contributed by atoms with E-state index in [9.17, 15) is 0 Å². The predicted molar refractivity (Wildman–Crippen MR) is 33.5 cm³/mol. The topological polar surface area (TPSA) is 9.23 Å². The van der Waals surface area contributed by atoms with Crippen LogP contribution in [-0.2, 0) is 4.74 Å². The lowest BCUT2D eigenvalue weighted by Gasteiger charge is -2.39. The molecule has 8 heavy (non-hydrogen) atoms. The van der Waals surface area contributed by atoms with E-state index in [0.717, 1.165) is 19.6 Å². The fourth-order valence-electron chi connectivity index (χ4n) is 0.916. The molecule has 0 atom stereocenters. The Morgan fingerprint density at radius 2 is 2.25 bits per heavy atom. The third-order valence-corrected chi connectivity index (χ3v) is 2.10. The van der Waals surface area contributed by atoms with Crippen LogP contribution in [0.5, 0.6) is 0 Å². The SMILES string of the molecule is [CH2]CC1(CC)COC1. The summed E-state index contributed by atoms with van der Waals surface area (Å²) in [5.41, 5.74) is 0.472. The minimum absolute atomic E-state index is 0.472. The molecule has 1 aliphatic heterocycles. The molecular weight excluding hydrogens is 100 g/mol. The highest BCUT2D eigenvalue weighted by Crippen LogP contribution is 2.33. The van der Waals surface area contributed by atoms with Crippen LogP contribution in [0, 0.1) is 12.3 Å². The Morgan fingerprint density at radius 3 is 2.25 bits per heavy atom. The van der Waals surface area contributed by atoms with Crippen LogP contribution < -0.4 is 0 Å². The normalized spacial score (nSPS) is 24.8. The summed E-state index contributed by atoms with van der Waals surface area (Å²) in [5, 5.41) is 0. The van der Waals surface area contributed by atoms with E-state index >= 15 is 0 Å². The van der Waals surface area contributed by atoms with Crippen molar-refractivity contribution in [2.24, 2.45) is 5.41 Å². The molecule has 1 rings (SSSR count). The van der Waals surface area contributed by atoms with Crippen LogP contribution in [0.25, 0.3) is 0 Å². The van der Waals surface area contributed by atoms with E-state index in [-0.39, 0.29) is 0 Å². The van der Waals surface area contributed by atoms with Crippen molar-refractivity contribution in [2.45, 2.75) is 19.8 Å². The molecule has 1 fully saturated rings. The van der Waals surface area contributed by atoms with E-state index in [0.29, 0.717) is 5.41 Å². The second kappa shape index (κ2) is 2.06. The van der Waals surface area contributed by atoms with Crippen LogP contribution in [0.1, 0.15) is 19.8 Å². The third-order valence-electron chi connectivity index (χ3n) is 2.10. The van der Waals surface area contributed by atoms with E-state index in [1.807, 2.05) is 0 Å². The monoisotopic (exact) mass is 113 g/mol. The molecule has 0 bridgehead atoms. The summed E-state index contributed by atoms with van der Waals surface area (Å²) in [6.45, 7) is 7.95. The summed E-state index contributed by atoms with van der Waals surface area (Å²) in [6, 6.07) is 0. The molecule has 0 aromatic heterocycles. The maximum atomic E-state index is 5.08. The van der Waals surface area contributed by atoms with Gasteiger partial charge >= 0.3 is 0 Å². The molecule has 47 valence electrons. The molecule has 0 aliphatic carbocycles. The van der Waals surface area contributed by atoms with Crippen molar-refractivity contribution in [3.63, 3.8) is 0 Å². The molecule has 0 aromatic rings. The Balaban J connectivity index is 2.33. The van der Waals surface area contributed by atoms with Crippen LogP contribution in [-0.4, -0.2) is 13.2 Å². The molecule has 0 N–H and O–H groups in total. The second-order valence-corrected chi connectivity index (χ2v) is 2.60. The van der Waals surface area contributed by atoms with Gasteiger partial charge in [-0.25, -0.2) is 0 Å². The average molecular weight is 113 g/mol. The highest BCUT2D eigenvalue weighted by atomic mass is 16.5. The summed E-state index contributed by atoms with van der Waals surface area (Å²) in [4.78, 5) is 0. The summed E-state index contributed by atoms with van der Waals surface area (Å²) >= 11 is 0. The van der Waals surface area contributed by atoms with E-state index in [1.165, 1.54) is 6.42 Å². The van der Waals surface area contributed by atoms with Gasteiger partial charge in [0.2, 0.25) is 0 Å². The van der Waals surface area contributed by atoms with Gasteiger partial charge in [-0.1, -0.05) is 13.8 Å². The van der Waals surface area contributed by atoms with Gasteiger partial charge in [-0.15, -0.1) is 0 Å². The zero-order chi connectivity index (χ0) is 6.04. The number of hydrogen-bond acceptors (Lipinski definition) is 1. The standard InChI is InChI=1S/C7H13O/c1-3-7(4-2)5-8-6-7/h1,3-6H2,2H3. The maximum absolute atomic E-state index is 5.08. The summed E-state index contributed by atoms with van der Waals surface area (Å²) in [5.74, 6) is 0. The molecule has 1 nitrogen and oxygen atoms in total. The molecule has 0 aromatic carbocycles. The fourth-order valence-corrected chi connectivity index (χ4v) is 0.916. The highest BCUT2D eigenvalue weighted by Gasteiger charge is 2.34. The van der Waals surface area contributed by atoms with Crippen molar-refractivity contribution in [2.75, 3.05) is 13.2 Å². The molecule has 0 amide bonds. The van der Waals surface area contributed by atoms with Gasteiger partial charge in [-0.3, -0.25) is 0 Å². The van der Waals surface area contributed by atoms with E-state index in [1.54, 1.807) is 0 Å². The minimum Gasteiger partial charge on any atom is -0.380 e. The predicted octanol–water partition coefficient (Wildman–Crippen LogP) is 1.64. The van der Waals surface area contributed by atoms with Crippen LogP contribution in [0.2, 0.25) is 0 Å². The lowest BCUT2D eigenvalue weighted by Crippen LogP contribution is -2.41. The first kappa shape index (κ1) is 6.09. The molecule has 1 heteroatoms. The Kier molecular flexibility index (Phi) is 1.57. The van der Waals surface area contributed by atoms with E-state index in [4.69, 9.17) is 4.74 Å². The van der Waals surface area contributed by atoms with Crippen LogP contribution >= 0.6 is 0 Å². The molecule has 0 saturated carbocycles. The van der Waals surface area contributed by atoms with Gasteiger partial charge in [0, 0.05) is 5.41 Å². The first-order valence-electron chi connectivity index (χ1n) is 3.20. The minimum atomic E-state index is 0.472. The molecule has 0 spiro atoms. The largest absolute Gasteiger partial charge is 0.380 e.